The summed E-state index contributed by atoms with van der Waals surface area (Å²) in [6.07, 6.45) is 1.60. The van der Waals surface area contributed by atoms with E-state index in [4.69, 9.17) is 23.2 Å². The van der Waals surface area contributed by atoms with E-state index in [1.54, 1.807) is 24.4 Å². The van der Waals surface area contributed by atoms with E-state index < -0.39 is 5.82 Å². The summed E-state index contributed by atoms with van der Waals surface area (Å²) in [5.74, 6) is -0.861. The van der Waals surface area contributed by atoms with Gasteiger partial charge in [0.1, 0.15) is 5.82 Å². The van der Waals surface area contributed by atoms with Crippen molar-refractivity contribution in [1.29, 1.82) is 0 Å². The lowest BCUT2D eigenvalue weighted by Crippen LogP contribution is -2.11. The SMILES string of the molecule is O=C(Nc1ccc(F)c(Cl)c1)c1c[nH]c2ccc(Cl)cc12. The highest BCUT2D eigenvalue weighted by molar-refractivity contribution is 6.32. The van der Waals surface area contributed by atoms with Gasteiger partial charge in [-0.25, -0.2) is 4.39 Å². The van der Waals surface area contributed by atoms with Gasteiger partial charge in [0, 0.05) is 27.8 Å². The second kappa shape index (κ2) is 5.39. The number of H-pyrrole nitrogens is 1. The van der Waals surface area contributed by atoms with Gasteiger partial charge in [-0.2, -0.15) is 0 Å². The van der Waals surface area contributed by atoms with Crippen molar-refractivity contribution < 1.29 is 9.18 Å². The van der Waals surface area contributed by atoms with Gasteiger partial charge in [-0.15, -0.1) is 0 Å². The molecule has 0 bridgehead atoms. The smallest absolute Gasteiger partial charge is 0.257 e. The van der Waals surface area contributed by atoms with Crippen molar-refractivity contribution in [2.75, 3.05) is 5.32 Å². The van der Waals surface area contributed by atoms with Gasteiger partial charge in [0.25, 0.3) is 5.91 Å². The number of benzene rings is 2. The van der Waals surface area contributed by atoms with E-state index in [9.17, 15) is 9.18 Å². The molecule has 0 unspecified atom stereocenters. The fraction of sp³-hybridized carbons (Fsp3) is 0. The number of nitrogens with one attached hydrogen (secondary N) is 2. The number of carbonyl (C=O) groups is 1. The van der Waals surface area contributed by atoms with Gasteiger partial charge < -0.3 is 10.3 Å². The topological polar surface area (TPSA) is 44.9 Å². The van der Waals surface area contributed by atoms with Crippen molar-refractivity contribution in [2.45, 2.75) is 0 Å². The van der Waals surface area contributed by atoms with Gasteiger partial charge in [-0.3, -0.25) is 4.79 Å². The molecule has 3 rings (SSSR count). The van der Waals surface area contributed by atoms with Crippen molar-refractivity contribution in [3.8, 4) is 0 Å². The normalized spacial score (nSPS) is 10.8. The summed E-state index contributed by atoms with van der Waals surface area (Å²) in [7, 11) is 0. The summed E-state index contributed by atoms with van der Waals surface area (Å²) in [5.41, 5.74) is 1.68. The van der Waals surface area contributed by atoms with E-state index in [0.29, 0.717) is 21.7 Å². The van der Waals surface area contributed by atoms with Crippen molar-refractivity contribution in [3.05, 3.63) is 64.0 Å². The Hall–Kier alpha value is -2.04. The number of rotatable bonds is 2. The summed E-state index contributed by atoms with van der Waals surface area (Å²) in [6, 6.07) is 9.24. The maximum absolute atomic E-state index is 13.1. The molecule has 0 atom stereocenters. The lowest BCUT2D eigenvalue weighted by atomic mass is 10.1. The molecule has 0 aliphatic carbocycles. The molecule has 6 heteroatoms. The highest BCUT2D eigenvalue weighted by Crippen LogP contribution is 2.24. The van der Waals surface area contributed by atoms with E-state index in [-0.39, 0.29) is 10.9 Å². The average molecular weight is 323 g/mol. The van der Waals surface area contributed by atoms with Crippen LogP contribution in [0.15, 0.2) is 42.6 Å². The second-order valence-corrected chi connectivity index (χ2v) is 5.32. The summed E-state index contributed by atoms with van der Waals surface area (Å²) < 4.78 is 13.1. The Bertz CT molecular complexity index is 845. The number of anilines is 1. The molecule has 0 saturated carbocycles. The molecule has 0 radical (unpaired) electrons. The molecular weight excluding hydrogens is 314 g/mol. The minimum absolute atomic E-state index is 0.0465. The number of hydrogen-bond acceptors (Lipinski definition) is 1. The quantitative estimate of drug-likeness (QED) is 0.694. The Morgan fingerprint density at radius 3 is 2.71 bits per heavy atom. The molecule has 1 aromatic heterocycles. The van der Waals surface area contributed by atoms with Crippen LogP contribution in [0.2, 0.25) is 10.0 Å². The number of hydrogen-bond donors (Lipinski definition) is 2. The third-order valence-corrected chi connectivity index (χ3v) is 3.59. The van der Waals surface area contributed by atoms with Crippen molar-refractivity contribution in [2.24, 2.45) is 0 Å². The summed E-state index contributed by atoms with van der Waals surface area (Å²) in [5, 5.41) is 3.88. The fourth-order valence-corrected chi connectivity index (χ4v) is 2.41. The molecule has 2 N–H and O–H groups in total. The fourth-order valence-electron chi connectivity index (χ4n) is 2.05. The zero-order valence-electron chi connectivity index (χ0n) is 10.6. The minimum Gasteiger partial charge on any atom is -0.360 e. The largest absolute Gasteiger partial charge is 0.360 e. The minimum atomic E-state index is -0.534. The molecule has 106 valence electrons. The molecule has 21 heavy (non-hydrogen) atoms. The first-order valence-electron chi connectivity index (χ1n) is 6.07. The number of aromatic amines is 1. The Kier molecular flexibility index (Phi) is 3.57. The first kappa shape index (κ1) is 13.9. The van der Waals surface area contributed by atoms with Crippen LogP contribution in [0.4, 0.5) is 10.1 Å². The molecule has 3 nitrogen and oxygen atoms in total. The predicted molar refractivity (Wildman–Crippen MR) is 82.7 cm³/mol. The van der Waals surface area contributed by atoms with Crippen LogP contribution in [0.5, 0.6) is 0 Å². The summed E-state index contributed by atoms with van der Waals surface area (Å²) >= 11 is 11.6. The summed E-state index contributed by atoms with van der Waals surface area (Å²) in [6.45, 7) is 0. The van der Waals surface area contributed by atoms with Crippen LogP contribution in [0.25, 0.3) is 10.9 Å². The molecule has 1 amide bonds. The first-order valence-corrected chi connectivity index (χ1v) is 6.83. The van der Waals surface area contributed by atoms with Crippen LogP contribution in [0, 0.1) is 5.82 Å². The van der Waals surface area contributed by atoms with Gasteiger partial charge in [-0.1, -0.05) is 23.2 Å². The van der Waals surface area contributed by atoms with E-state index in [1.165, 1.54) is 18.2 Å². The van der Waals surface area contributed by atoms with Crippen molar-refractivity contribution in [3.63, 3.8) is 0 Å². The van der Waals surface area contributed by atoms with Gasteiger partial charge in [0.05, 0.1) is 10.6 Å². The summed E-state index contributed by atoms with van der Waals surface area (Å²) in [4.78, 5) is 15.3. The number of halogens is 3. The predicted octanol–water partition coefficient (Wildman–Crippen LogP) is 4.87. The molecular formula is C15H9Cl2FN2O. The first-order chi connectivity index (χ1) is 10.0. The Balaban J connectivity index is 1.93. The molecule has 3 aromatic rings. The zero-order chi connectivity index (χ0) is 15.0. The monoisotopic (exact) mass is 322 g/mol. The Labute approximate surface area is 129 Å². The highest BCUT2D eigenvalue weighted by Gasteiger charge is 2.13. The Morgan fingerprint density at radius 1 is 1.14 bits per heavy atom. The maximum Gasteiger partial charge on any atom is 0.257 e. The van der Waals surface area contributed by atoms with E-state index in [2.05, 4.69) is 10.3 Å². The van der Waals surface area contributed by atoms with Crippen LogP contribution in [0.3, 0.4) is 0 Å². The number of carbonyl (C=O) groups excluding carboxylic acids is 1. The standard InChI is InChI=1S/C15H9Cl2FN2O/c16-8-1-4-14-10(5-8)11(7-19-14)15(21)20-9-2-3-13(18)12(17)6-9/h1-7,19H,(H,20,21). The van der Waals surface area contributed by atoms with E-state index in [1.807, 2.05) is 0 Å². The molecule has 0 saturated heterocycles. The van der Waals surface area contributed by atoms with Crippen LogP contribution < -0.4 is 5.32 Å². The third kappa shape index (κ3) is 2.73. The van der Waals surface area contributed by atoms with Gasteiger partial charge >= 0.3 is 0 Å². The molecule has 1 heterocycles. The molecule has 0 fully saturated rings. The molecule has 0 spiro atoms. The lowest BCUT2D eigenvalue weighted by Gasteiger charge is -2.05. The third-order valence-electron chi connectivity index (χ3n) is 3.07. The van der Waals surface area contributed by atoms with Crippen LogP contribution in [-0.4, -0.2) is 10.9 Å². The number of aromatic nitrogens is 1. The van der Waals surface area contributed by atoms with E-state index >= 15 is 0 Å². The van der Waals surface area contributed by atoms with Crippen molar-refractivity contribution in [1.82, 2.24) is 4.98 Å². The van der Waals surface area contributed by atoms with Crippen LogP contribution >= 0.6 is 23.2 Å². The second-order valence-electron chi connectivity index (χ2n) is 4.48. The van der Waals surface area contributed by atoms with Gasteiger partial charge in [0.15, 0.2) is 0 Å². The van der Waals surface area contributed by atoms with Gasteiger partial charge in [-0.05, 0) is 36.4 Å². The number of amides is 1. The van der Waals surface area contributed by atoms with Crippen LogP contribution in [-0.2, 0) is 0 Å². The van der Waals surface area contributed by atoms with Crippen LogP contribution in [0.1, 0.15) is 10.4 Å². The average Bonchev–Trinajstić information content (AvgIpc) is 2.86. The Morgan fingerprint density at radius 2 is 1.95 bits per heavy atom. The molecule has 0 aliphatic rings. The molecule has 2 aromatic carbocycles. The lowest BCUT2D eigenvalue weighted by molar-refractivity contribution is 0.102. The van der Waals surface area contributed by atoms with E-state index in [0.717, 1.165) is 5.52 Å². The highest BCUT2D eigenvalue weighted by atomic mass is 35.5. The maximum atomic E-state index is 13.1. The zero-order valence-corrected chi connectivity index (χ0v) is 12.1. The number of fused-ring (bicyclic) bond motifs is 1. The van der Waals surface area contributed by atoms with Crippen molar-refractivity contribution >= 4 is 45.7 Å². The molecule has 0 aliphatic heterocycles. The van der Waals surface area contributed by atoms with Gasteiger partial charge in [0.2, 0.25) is 0 Å².